The molecule has 1 heterocycles. The zero-order chi connectivity index (χ0) is 8.97. The molecule has 0 saturated heterocycles. The zero-order valence-electron chi connectivity index (χ0n) is 8.35. The lowest BCUT2D eigenvalue weighted by Gasteiger charge is -2.05. The molecule has 0 bridgehead atoms. The van der Waals surface area contributed by atoms with Crippen molar-refractivity contribution in [2.75, 3.05) is 0 Å². The van der Waals surface area contributed by atoms with Crippen LogP contribution in [-0.4, -0.2) is 4.98 Å². The van der Waals surface area contributed by atoms with Gasteiger partial charge in [-0.15, -0.1) is 0 Å². The van der Waals surface area contributed by atoms with Gasteiger partial charge in [0, 0.05) is 12.4 Å². The van der Waals surface area contributed by atoms with Gasteiger partial charge in [-0.25, -0.2) is 0 Å². The molecule has 0 aliphatic heterocycles. The van der Waals surface area contributed by atoms with Crippen molar-refractivity contribution in [3.8, 4) is 0 Å². The molecule has 0 unspecified atom stereocenters. The van der Waals surface area contributed by atoms with Crippen molar-refractivity contribution in [1.29, 1.82) is 0 Å². The minimum atomic E-state index is 0.656. The van der Waals surface area contributed by atoms with Gasteiger partial charge in [0.15, 0.2) is 0 Å². The second-order valence-corrected chi connectivity index (χ2v) is 3.69. The monoisotopic (exact) mass is 165 g/mol. The average Bonchev–Trinajstić information content (AvgIpc) is 2.48. The highest BCUT2D eigenvalue weighted by atomic mass is 14.6. The summed E-state index contributed by atoms with van der Waals surface area (Å²) >= 11 is 0. The van der Waals surface area contributed by atoms with Crippen LogP contribution in [0.25, 0.3) is 0 Å². The molecule has 0 atom stereocenters. The van der Waals surface area contributed by atoms with Crippen molar-refractivity contribution in [3.05, 3.63) is 23.5 Å². The first kappa shape index (κ1) is 9.37. The maximum atomic E-state index is 3.19. The lowest BCUT2D eigenvalue weighted by molar-refractivity contribution is 0.772. The van der Waals surface area contributed by atoms with E-state index >= 15 is 0 Å². The molecule has 0 aliphatic carbocycles. The maximum absolute atomic E-state index is 3.19. The van der Waals surface area contributed by atoms with E-state index in [0.29, 0.717) is 5.92 Å². The van der Waals surface area contributed by atoms with Crippen LogP contribution in [0.3, 0.4) is 0 Å². The third kappa shape index (κ3) is 2.13. The maximum Gasteiger partial charge on any atom is 0.00428 e. The van der Waals surface area contributed by atoms with Crippen molar-refractivity contribution < 1.29 is 0 Å². The Labute approximate surface area is 75.2 Å². The summed E-state index contributed by atoms with van der Waals surface area (Å²) in [5.41, 5.74) is 3.00. The number of rotatable bonds is 4. The van der Waals surface area contributed by atoms with Crippen LogP contribution in [0, 0.1) is 0 Å². The highest BCUT2D eigenvalue weighted by molar-refractivity contribution is 5.26. The predicted octanol–water partition coefficient (Wildman–Crippen LogP) is 3.48. The Balaban J connectivity index is 2.64. The van der Waals surface area contributed by atoms with Crippen LogP contribution in [0.5, 0.6) is 0 Å². The fourth-order valence-corrected chi connectivity index (χ4v) is 1.53. The Morgan fingerprint density at radius 1 is 1.33 bits per heavy atom. The van der Waals surface area contributed by atoms with Crippen LogP contribution in [0.1, 0.15) is 50.7 Å². The van der Waals surface area contributed by atoms with E-state index in [1.54, 1.807) is 0 Å². The molecule has 1 aromatic heterocycles. The SMILES string of the molecule is CCCCc1c[nH]cc1C(C)C. The third-order valence-electron chi connectivity index (χ3n) is 2.29. The predicted molar refractivity (Wildman–Crippen MR) is 53.5 cm³/mol. The molecular formula is C11H19N. The van der Waals surface area contributed by atoms with E-state index in [9.17, 15) is 0 Å². The van der Waals surface area contributed by atoms with Gasteiger partial charge in [-0.2, -0.15) is 0 Å². The lowest BCUT2D eigenvalue weighted by atomic mass is 9.99. The summed E-state index contributed by atoms with van der Waals surface area (Å²) in [5, 5.41) is 0. The molecule has 1 heteroatoms. The van der Waals surface area contributed by atoms with Gasteiger partial charge >= 0.3 is 0 Å². The fourth-order valence-electron chi connectivity index (χ4n) is 1.53. The fraction of sp³-hybridized carbons (Fsp3) is 0.636. The van der Waals surface area contributed by atoms with E-state index in [1.807, 2.05) is 0 Å². The Bertz CT molecular complexity index is 223. The number of aryl methyl sites for hydroxylation is 1. The molecule has 0 amide bonds. The van der Waals surface area contributed by atoms with Crippen molar-refractivity contribution in [2.24, 2.45) is 0 Å². The molecule has 0 aliphatic rings. The van der Waals surface area contributed by atoms with Crippen molar-refractivity contribution >= 4 is 0 Å². The summed E-state index contributed by atoms with van der Waals surface area (Å²) in [5.74, 6) is 0.656. The molecule has 1 N–H and O–H groups in total. The second-order valence-electron chi connectivity index (χ2n) is 3.69. The van der Waals surface area contributed by atoms with Crippen LogP contribution in [0.2, 0.25) is 0 Å². The van der Waals surface area contributed by atoms with Gasteiger partial charge in [0.2, 0.25) is 0 Å². The summed E-state index contributed by atoms with van der Waals surface area (Å²) in [7, 11) is 0. The Kier molecular flexibility index (Phi) is 3.39. The number of hydrogen-bond donors (Lipinski definition) is 1. The topological polar surface area (TPSA) is 15.8 Å². The minimum absolute atomic E-state index is 0.656. The highest BCUT2D eigenvalue weighted by Gasteiger charge is 2.05. The van der Waals surface area contributed by atoms with Crippen LogP contribution >= 0.6 is 0 Å². The average molecular weight is 165 g/mol. The van der Waals surface area contributed by atoms with Crippen molar-refractivity contribution in [1.82, 2.24) is 4.98 Å². The molecule has 0 fully saturated rings. The summed E-state index contributed by atoms with van der Waals surface area (Å²) in [6.45, 7) is 6.74. The smallest absolute Gasteiger partial charge is 0.00428 e. The first-order valence-electron chi connectivity index (χ1n) is 4.91. The van der Waals surface area contributed by atoms with Gasteiger partial charge < -0.3 is 4.98 Å². The van der Waals surface area contributed by atoms with Gasteiger partial charge in [0.05, 0.1) is 0 Å². The normalized spacial score (nSPS) is 11.0. The Hall–Kier alpha value is -0.720. The lowest BCUT2D eigenvalue weighted by Crippen LogP contribution is -1.91. The molecule has 1 nitrogen and oxygen atoms in total. The molecule has 1 rings (SSSR count). The summed E-state index contributed by atoms with van der Waals surface area (Å²) < 4.78 is 0. The molecule has 0 radical (unpaired) electrons. The Morgan fingerprint density at radius 2 is 2.08 bits per heavy atom. The molecular weight excluding hydrogens is 146 g/mol. The van der Waals surface area contributed by atoms with E-state index in [2.05, 4.69) is 38.1 Å². The van der Waals surface area contributed by atoms with E-state index in [-0.39, 0.29) is 0 Å². The molecule has 0 saturated carbocycles. The number of aromatic nitrogens is 1. The van der Waals surface area contributed by atoms with Crippen molar-refractivity contribution in [2.45, 2.75) is 46.0 Å². The zero-order valence-corrected chi connectivity index (χ0v) is 8.35. The molecule has 0 aromatic carbocycles. The number of nitrogens with one attached hydrogen (secondary N) is 1. The largest absolute Gasteiger partial charge is 0.367 e. The van der Waals surface area contributed by atoms with Crippen LogP contribution < -0.4 is 0 Å². The summed E-state index contributed by atoms with van der Waals surface area (Å²) in [6, 6.07) is 0. The third-order valence-corrected chi connectivity index (χ3v) is 2.29. The van der Waals surface area contributed by atoms with Gasteiger partial charge in [-0.05, 0) is 29.9 Å². The molecule has 0 spiro atoms. The number of unbranched alkanes of at least 4 members (excludes halogenated alkanes) is 1. The molecule has 12 heavy (non-hydrogen) atoms. The van der Waals surface area contributed by atoms with Gasteiger partial charge in [0.25, 0.3) is 0 Å². The standard InChI is InChI=1S/C11H19N/c1-4-5-6-10-7-12-8-11(10)9(2)3/h7-9,12H,4-6H2,1-3H3. The second kappa shape index (κ2) is 4.34. The van der Waals surface area contributed by atoms with Crippen molar-refractivity contribution in [3.63, 3.8) is 0 Å². The van der Waals surface area contributed by atoms with E-state index in [0.717, 1.165) is 0 Å². The quantitative estimate of drug-likeness (QED) is 0.703. The first-order chi connectivity index (χ1) is 5.75. The number of hydrogen-bond acceptors (Lipinski definition) is 0. The van der Waals surface area contributed by atoms with E-state index in [4.69, 9.17) is 0 Å². The van der Waals surface area contributed by atoms with E-state index in [1.165, 1.54) is 30.4 Å². The number of H-pyrrole nitrogens is 1. The van der Waals surface area contributed by atoms with Crippen LogP contribution in [0.15, 0.2) is 12.4 Å². The highest BCUT2D eigenvalue weighted by Crippen LogP contribution is 2.20. The van der Waals surface area contributed by atoms with Gasteiger partial charge in [-0.1, -0.05) is 27.2 Å². The number of aromatic amines is 1. The van der Waals surface area contributed by atoms with Gasteiger partial charge in [0.1, 0.15) is 0 Å². The van der Waals surface area contributed by atoms with Crippen LogP contribution in [0.4, 0.5) is 0 Å². The first-order valence-corrected chi connectivity index (χ1v) is 4.91. The van der Waals surface area contributed by atoms with Gasteiger partial charge in [-0.3, -0.25) is 0 Å². The Morgan fingerprint density at radius 3 is 2.67 bits per heavy atom. The molecule has 68 valence electrons. The molecule has 1 aromatic rings. The van der Waals surface area contributed by atoms with Crippen LogP contribution in [-0.2, 0) is 6.42 Å². The van der Waals surface area contributed by atoms with E-state index < -0.39 is 0 Å². The minimum Gasteiger partial charge on any atom is -0.367 e. The summed E-state index contributed by atoms with van der Waals surface area (Å²) in [6.07, 6.45) is 8.09. The summed E-state index contributed by atoms with van der Waals surface area (Å²) in [4.78, 5) is 3.19.